The quantitative estimate of drug-likeness (QED) is 0.411. The van der Waals surface area contributed by atoms with Crippen LogP contribution in [0.3, 0.4) is 0 Å². The largest absolute Gasteiger partial charge is 0.476 e. The molecule has 1 aromatic heterocycles. The summed E-state index contributed by atoms with van der Waals surface area (Å²) in [6.45, 7) is 2.10. The minimum Gasteiger partial charge on any atom is -0.476 e. The lowest BCUT2D eigenvalue weighted by Gasteiger charge is -2.14. The number of Topliss-reactive ketones (excluding diaryl/α,β-unsaturated/α-hetero) is 1. The Hall–Kier alpha value is -1.44. The molecule has 1 heterocycles. The van der Waals surface area contributed by atoms with Crippen molar-refractivity contribution >= 4 is 34.9 Å². The molecule has 2 rings (SSSR count). The number of carboxylic acid groups (broad SMARTS) is 1. The third kappa shape index (κ3) is 7.24. The molecule has 0 aromatic carbocycles. The van der Waals surface area contributed by atoms with Gasteiger partial charge in [0.05, 0.1) is 6.10 Å². The molecule has 5 nitrogen and oxygen atoms in total. The maximum Gasteiger partial charge on any atom is 0.355 e. The molecular weight excluding hydrogens is 382 g/mol. The number of thiazole rings is 1. The van der Waals surface area contributed by atoms with Gasteiger partial charge in [0, 0.05) is 23.5 Å². The zero-order valence-corrected chi connectivity index (χ0v) is 17.2. The van der Waals surface area contributed by atoms with E-state index in [1.165, 1.54) is 28.5 Å². The van der Waals surface area contributed by atoms with E-state index in [0.717, 1.165) is 35.8 Å². The molecule has 0 saturated heterocycles. The van der Waals surface area contributed by atoms with Gasteiger partial charge in [0.2, 0.25) is 0 Å². The molecule has 1 fully saturated rings. The van der Waals surface area contributed by atoms with E-state index in [0.29, 0.717) is 18.6 Å². The Morgan fingerprint density at radius 2 is 2.30 bits per heavy atom. The van der Waals surface area contributed by atoms with Gasteiger partial charge in [-0.15, -0.1) is 11.3 Å². The summed E-state index contributed by atoms with van der Waals surface area (Å²) < 4.78 is 0.729. The van der Waals surface area contributed by atoms with E-state index in [1.54, 1.807) is 0 Å². The minimum absolute atomic E-state index is 0.0143. The Balaban J connectivity index is 1.79. The van der Waals surface area contributed by atoms with Gasteiger partial charge in [-0.05, 0) is 31.6 Å². The second kappa shape index (κ2) is 11.4. The third-order valence-corrected chi connectivity index (χ3v) is 6.64. The summed E-state index contributed by atoms with van der Waals surface area (Å²) in [5.41, 5.74) is 0.0757. The highest BCUT2D eigenvalue weighted by molar-refractivity contribution is 8.01. The van der Waals surface area contributed by atoms with Gasteiger partial charge in [0.25, 0.3) is 0 Å². The number of aliphatic hydroxyl groups is 1. The number of carbonyl (C=O) groups excluding carboxylic acids is 1. The number of rotatable bonds is 11. The van der Waals surface area contributed by atoms with E-state index in [4.69, 9.17) is 5.11 Å². The first-order chi connectivity index (χ1) is 13.0. The van der Waals surface area contributed by atoms with Crippen molar-refractivity contribution in [2.75, 3.05) is 5.75 Å². The average molecular weight is 410 g/mol. The highest BCUT2D eigenvalue weighted by Crippen LogP contribution is 2.34. The van der Waals surface area contributed by atoms with Crippen LogP contribution in [-0.2, 0) is 4.79 Å². The van der Waals surface area contributed by atoms with Crippen molar-refractivity contribution < 1.29 is 19.8 Å². The van der Waals surface area contributed by atoms with Crippen LogP contribution >= 0.6 is 23.1 Å². The molecule has 148 valence electrons. The van der Waals surface area contributed by atoms with Crippen LogP contribution in [0.5, 0.6) is 0 Å². The molecule has 1 saturated carbocycles. The van der Waals surface area contributed by atoms with Crippen molar-refractivity contribution in [3.63, 3.8) is 0 Å². The van der Waals surface area contributed by atoms with Gasteiger partial charge in [0.1, 0.15) is 5.78 Å². The number of aromatic nitrogens is 1. The molecule has 0 spiro atoms. The van der Waals surface area contributed by atoms with E-state index in [1.807, 2.05) is 18.2 Å². The lowest BCUT2D eigenvalue weighted by molar-refractivity contribution is -0.121. The van der Waals surface area contributed by atoms with Crippen LogP contribution in [0.25, 0.3) is 0 Å². The summed E-state index contributed by atoms with van der Waals surface area (Å²) in [6, 6.07) is 0. The number of carboxylic acids is 1. The molecule has 1 unspecified atom stereocenters. The Morgan fingerprint density at radius 1 is 1.48 bits per heavy atom. The first-order valence-electron chi connectivity index (χ1n) is 9.37. The maximum absolute atomic E-state index is 12.2. The van der Waals surface area contributed by atoms with Gasteiger partial charge in [-0.1, -0.05) is 49.4 Å². The number of ketones is 1. The van der Waals surface area contributed by atoms with Crippen molar-refractivity contribution in [3.8, 4) is 0 Å². The number of carbonyl (C=O) groups is 2. The molecule has 0 bridgehead atoms. The number of aromatic carboxylic acids is 1. The van der Waals surface area contributed by atoms with Crippen molar-refractivity contribution in [1.82, 2.24) is 4.98 Å². The van der Waals surface area contributed by atoms with E-state index in [2.05, 4.69) is 18.0 Å². The van der Waals surface area contributed by atoms with E-state index >= 15 is 0 Å². The predicted molar refractivity (Wildman–Crippen MR) is 109 cm³/mol. The van der Waals surface area contributed by atoms with Crippen LogP contribution in [0.4, 0.5) is 0 Å². The first-order valence-corrected chi connectivity index (χ1v) is 11.2. The molecule has 0 amide bonds. The normalized spacial score (nSPS) is 21.5. The summed E-state index contributed by atoms with van der Waals surface area (Å²) in [6.07, 6.45) is 12.3. The maximum atomic E-state index is 12.2. The van der Waals surface area contributed by atoms with Crippen molar-refractivity contribution in [3.05, 3.63) is 35.4 Å². The lowest BCUT2D eigenvalue weighted by atomic mass is 9.92. The predicted octanol–water partition coefficient (Wildman–Crippen LogP) is 4.58. The average Bonchev–Trinajstić information content (AvgIpc) is 3.24. The van der Waals surface area contributed by atoms with Crippen LogP contribution in [0, 0.1) is 11.8 Å². The Labute approximate surface area is 168 Å². The number of allylic oxidation sites excluding steroid dienone is 2. The first kappa shape index (κ1) is 21.9. The fraction of sp³-hybridized carbons (Fsp3) is 0.550. The standard InChI is InChI=1S/C20H27NO4S2/c1-2-3-4-7-15(22)8-5-6-14-9-10-18(23)16(14)11-12-26-20-21-17(13-27-20)19(24)25/h4-7,13-16,22H,2-3,8-12H2,1H3,(H,24,25)/b6-5+,7-4+/t14-,15?,16-/m1/s1. The summed E-state index contributed by atoms with van der Waals surface area (Å²) >= 11 is 2.83. The summed E-state index contributed by atoms with van der Waals surface area (Å²) in [5, 5.41) is 20.4. The van der Waals surface area contributed by atoms with Gasteiger partial charge in [-0.3, -0.25) is 4.79 Å². The van der Waals surface area contributed by atoms with E-state index < -0.39 is 12.1 Å². The van der Waals surface area contributed by atoms with E-state index in [9.17, 15) is 14.7 Å². The van der Waals surface area contributed by atoms with Crippen LogP contribution < -0.4 is 0 Å². The zero-order valence-electron chi connectivity index (χ0n) is 15.5. The Bertz CT molecular complexity index is 683. The van der Waals surface area contributed by atoms with Crippen LogP contribution in [-0.4, -0.2) is 38.8 Å². The summed E-state index contributed by atoms with van der Waals surface area (Å²) in [5.74, 6) is 0.284. The summed E-state index contributed by atoms with van der Waals surface area (Å²) in [7, 11) is 0. The molecule has 27 heavy (non-hydrogen) atoms. The Kier molecular flexibility index (Phi) is 9.24. The highest BCUT2D eigenvalue weighted by Gasteiger charge is 2.32. The monoisotopic (exact) mass is 409 g/mol. The number of hydrogen-bond acceptors (Lipinski definition) is 6. The molecule has 7 heteroatoms. The van der Waals surface area contributed by atoms with Crippen LogP contribution in [0.1, 0.15) is 55.9 Å². The highest BCUT2D eigenvalue weighted by atomic mass is 32.2. The SMILES string of the molecule is CCC/C=C/C(O)C/C=C/[C@@H]1CCC(=O)[C@@H]1CCSc1nc(C(=O)O)cs1. The summed E-state index contributed by atoms with van der Waals surface area (Å²) in [4.78, 5) is 27.1. The second-order valence-electron chi connectivity index (χ2n) is 6.66. The van der Waals surface area contributed by atoms with Crippen LogP contribution in [0.2, 0.25) is 0 Å². The molecule has 2 N–H and O–H groups in total. The number of aliphatic hydroxyl groups excluding tert-OH is 1. The number of thioether (sulfide) groups is 1. The smallest absolute Gasteiger partial charge is 0.355 e. The van der Waals surface area contributed by atoms with Crippen molar-refractivity contribution in [2.45, 2.75) is 55.9 Å². The molecule has 0 radical (unpaired) electrons. The fourth-order valence-corrected chi connectivity index (χ4v) is 5.02. The lowest BCUT2D eigenvalue weighted by Crippen LogP contribution is -2.14. The molecule has 1 aliphatic rings. The number of nitrogens with zero attached hydrogens (tertiary/aromatic N) is 1. The number of hydrogen-bond donors (Lipinski definition) is 2. The zero-order chi connectivity index (χ0) is 19.6. The van der Waals surface area contributed by atoms with Crippen LogP contribution in [0.15, 0.2) is 34.0 Å². The molecular formula is C20H27NO4S2. The molecule has 1 aliphatic carbocycles. The van der Waals surface area contributed by atoms with Gasteiger partial charge >= 0.3 is 5.97 Å². The van der Waals surface area contributed by atoms with Gasteiger partial charge in [-0.25, -0.2) is 9.78 Å². The molecule has 3 atom stereocenters. The second-order valence-corrected chi connectivity index (χ2v) is 8.86. The molecule has 1 aromatic rings. The molecule has 0 aliphatic heterocycles. The number of unbranched alkanes of at least 4 members (excludes halogenated alkanes) is 1. The third-order valence-electron chi connectivity index (χ3n) is 4.59. The Morgan fingerprint density at radius 3 is 3.00 bits per heavy atom. The van der Waals surface area contributed by atoms with Crippen molar-refractivity contribution in [1.29, 1.82) is 0 Å². The van der Waals surface area contributed by atoms with Gasteiger partial charge in [-0.2, -0.15) is 0 Å². The van der Waals surface area contributed by atoms with E-state index in [-0.39, 0.29) is 17.5 Å². The van der Waals surface area contributed by atoms with Gasteiger partial charge < -0.3 is 10.2 Å². The van der Waals surface area contributed by atoms with Crippen molar-refractivity contribution in [2.24, 2.45) is 11.8 Å². The van der Waals surface area contributed by atoms with Gasteiger partial charge in [0.15, 0.2) is 10.0 Å². The fourth-order valence-electron chi connectivity index (χ4n) is 3.13. The minimum atomic E-state index is -1.01. The topological polar surface area (TPSA) is 87.5 Å².